The van der Waals surface area contributed by atoms with Crippen LogP contribution in [0, 0.1) is 5.92 Å². The number of nitrogens with zero attached hydrogens (tertiary/aromatic N) is 1. The van der Waals surface area contributed by atoms with E-state index in [4.69, 9.17) is 0 Å². The van der Waals surface area contributed by atoms with E-state index in [-0.39, 0.29) is 23.8 Å². The predicted molar refractivity (Wildman–Crippen MR) is 138 cm³/mol. The van der Waals surface area contributed by atoms with Crippen LogP contribution in [0.5, 0.6) is 0 Å². The lowest BCUT2D eigenvalue weighted by atomic mass is 9.89. The van der Waals surface area contributed by atoms with Gasteiger partial charge in [-0.15, -0.1) is 0 Å². The Kier molecular flexibility index (Phi) is 8.27. The normalized spacial score (nSPS) is 14.0. The Morgan fingerprint density at radius 1 is 0.794 bits per heavy atom. The summed E-state index contributed by atoms with van der Waals surface area (Å²) >= 11 is 0. The van der Waals surface area contributed by atoms with Crippen molar-refractivity contribution in [3.05, 3.63) is 108 Å². The molecule has 0 unspecified atom stereocenters. The number of carbonyl (C=O) groups excluding carboxylic acids is 2. The average molecular weight is 457 g/mol. The molecule has 0 saturated heterocycles. The number of benzene rings is 3. The van der Waals surface area contributed by atoms with Crippen LogP contribution < -0.4 is 5.32 Å². The van der Waals surface area contributed by atoms with Gasteiger partial charge in [0.15, 0.2) is 0 Å². The zero-order valence-corrected chi connectivity index (χ0v) is 20.9. The van der Waals surface area contributed by atoms with E-state index >= 15 is 0 Å². The number of nitrogens with one attached hydrogen (secondary N) is 1. The van der Waals surface area contributed by atoms with E-state index in [1.807, 2.05) is 107 Å². The Morgan fingerprint density at radius 2 is 1.29 bits per heavy atom. The minimum atomic E-state index is -0.651. The van der Waals surface area contributed by atoms with Crippen LogP contribution in [-0.2, 0) is 11.2 Å². The molecule has 0 radical (unpaired) electrons. The lowest BCUT2D eigenvalue weighted by Crippen LogP contribution is -2.57. The summed E-state index contributed by atoms with van der Waals surface area (Å²) in [5.41, 5.74) is 2.29. The maximum Gasteiger partial charge on any atom is 0.255 e. The molecule has 0 spiro atoms. The first kappa shape index (κ1) is 25.2. The van der Waals surface area contributed by atoms with E-state index in [9.17, 15) is 9.59 Å². The van der Waals surface area contributed by atoms with E-state index < -0.39 is 11.6 Å². The molecule has 0 aliphatic carbocycles. The molecule has 34 heavy (non-hydrogen) atoms. The first-order valence-corrected chi connectivity index (χ1v) is 12.0. The summed E-state index contributed by atoms with van der Waals surface area (Å²) < 4.78 is 0. The van der Waals surface area contributed by atoms with Crippen LogP contribution in [0.3, 0.4) is 0 Å². The highest BCUT2D eigenvalue weighted by atomic mass is 16.2. The minimum Gasteiger partial charge on any atom is -0.350 e. The van der Waals surface area contributed by atoms with E-state index in [1.165, 1.54) is 0 Å². The van der Waals surface area contributed by atoms with E-state index in [0.29, 0.717) is 12.0 Å². The number of carbonyl (C=O) groups is 2. The molecular weight excluding hydrogens is 420 g/mol. The molecule has 4 nitrogen and oxygen atoms in total. The first-order valence-electron chi connectivity index (χ1n) is 12.0. The molecule has 0 aliphatic rings. The number of hydrogen-bond acceptors (Lipinski definition) is 2. The monoisotopic (exact) mass is 456 g/mol. The van der Waals surface area contributed by atoms with Gasteiger partial charge in [-0.3, -0.25) is 9.59 Å². The van der Waals surface area contributed by atoms with Gasteiger partial charge in [-0.05, 0) is 63.3 Å². The lowest BCUT2D eigenvalue weighted by molar-refractivity contribution is -0.129. The molecule has 0 heterocycles. The van der Waals surface area contributed by atoms with Gasteiger partial charge in [0.25, 0.3) is 5.91 Å². The summed E-state index contributed by atoms with van der Waals surface area (Å²) in [5, 5.41) is 3.15. The highest BCUT2D eigenvalue weighted by Crippen LogP contribution is 2.30. The molecule has 1 N–H and O–H groups in total. The van der Waals surface area contributed by atoms with Crippen LogP contribution in [-0.4, -0.2) is 28.3 Å². The molecule has 178 valence electrons. The maximum atomic E-state index is 14.0. The average Bonchev–Trinajstić information content (AvgIpc) is 2.82. The van der Waals surface area contributed by atoms with Crippen molar-refractivity contribution in [2.75, 3.05) is 0 Å². The topological polar surface area (TPSA) is 49.4 Å². The molecule has 0 aromatic heterocycles. The minimum absolute atomic E-state index is 0.108. The van der Waals surface area contributed by atoms with Gasteiger partial charge < -0.3 is 10.2 Å². The Balaban J connectivity index is 2.08. The third-order valence-corrected chi connectivity index (χ3v) is 5.96. The van der Waals surface area contributed by atoms with Gasteiger partial charge >= 0.3 is 0 Å². The van der Waals surface area contributed by atoms with Gasteiger partial charge in [-0.2, -0.15) is 0 Å². The highest BCUT2D eigenvalue weighted by molar-refractivity contribution is 5.98. The summed E-state index contributed by atoms with van der Waals surface area (Å²) in [6.07, 6.45) is 0.684. The standard InChI is InChI=1S/C30H36N2O2/c1-22(21-24-15-9-6-10-16-24)27(28(33)31-30(3,4)5)32(23(2)25-17-11-7-12-18-25)29(34)26-19-13-8-14-20-26/h6-20,22-23,27H,21H2,1-5H3,(H,31,33)/t22-,23-,27-/m1/s1. The molecule has 3 aromatic rings. The SMILES string of the molecule is C[C@H](Cc1ccccc1)[C@H](C(=O)NC(C)(C)C)N(C(=O)c1ccccc1)[C@H](C)c1ccccc1. The Labute approximate surface area is 204 Å². The van der Waals surface area contributed by atoms with Crippen molar-refractivity contribution in [3.63, 3.8) is 0 Å². The van der Waals surface area contributed by atoms with Gasteiger partial charge in [-0.25, -0.2) is 0 Å². The van der Waals surface area contributed by atoms with Crippen LogP contribution in [0.2, 0.25) is 0 Å². The van der Waals surface area contributed by atoms with E-state index in [2.05, 4.69) is 24.4 Å². The van der Waals surface area contributed by atoms with E-state index in [1.54, 1.807) is 4.90 Å². The van der Waals surface area contributed by atoms with Crippen LogP contribution in [0.4, 0.5) is 0 Å². The second-order valence-electron chi connectivity index (χ2n) is 10.0. The van der Waals surface area contributed by atoms with Crippen molar-refractivity contribution >= 4 is 11.8 Å². The Bertz CT molecular complexity index is 1060. The van der Waals surface area contributed by atoms with Crippen LogP contribution in [0.15, 0.2) is 91.0 Å². The van der Waals surface area contributed by atoms with Crippen LogP contribution in [0.25, 0.3) is 0 Å². The zero-order chi connectivity index (χ0) is 24.7. The first-order chi connectivity index (χ1) is 16.2. The fourth-order valence-corrected chi connectivity index (χ4v) is 4.37. The van der Waals surface area contributed by atoms with Gasteiger partial charge in [0.05, 0.1) is 6.04 Å². The fraction of sp³-hybridized carbons (Fsp3) is 0.333. The van der Waals surface area contributed by atoms with Crippen LogP contribution >= 0.6 is 0 Å². The number of hydrogen-bond donors (Lipinski definition) is 1. The molecular formula is C30H36N2O2. The summed E-state index contributed by atoms with van der Waals surface area (Å²) in [6, 6.07) is 28.3. The third-order valence-electron chi connectivity index (χ3n) is 5.96. The molecule has 0 bridgehead atoms. The second kappa shape index (κ2) is 11.1. The second-order valence-corrected chi connectivity index (χ2v) is 10.0. The molecule has 3 atom stereocenters. The van der Waals surface area contributed by atoms with Crippen molar-refractivity contribution in [2.24, 2.45) is 5.92 Å². The molecule has 0 fully saturated rings. The maximum absolute atomic E-state index is 14.0. The Morgan fingerprint density at radius 3 is 1.82 bits per heavy atom. The summed E-state index contributed by atoms with van der Waals surface area (Å²) in [7, 11) is 0. The molecule has 3 rings (SSSR count). The Hall–Kier alpha value is -3.40. The molecule has 0 aliphatic heterocycles. The van der Waals surface area contributed by atoms with Gasteiger partial charge in [-0.1, -0.05) is 85.8 Å². The summed E-state index contributed by atoms with van der Waals surface area (Å²) in [6.45, 7) is 9.96. The van der Waals surface area contributed by atoms with Crippen molar-refractivity contribution in [1.82, 2.24) is 10.2 Å². The quantitative estimate of drug-likeness (QED) is 0.448. The van der Waals surface area contributed by atoms with E-state index in [0.717, 1.165) is 11.1 Å². The number of rotatable bonds is 8. The van der Waals surface area contributed by atoms with Crippen molar-refractivity contribution in [2.45, 2.75) is 58.7 Å². The van der Waals surface area contributed by atoms with Crippen molar-refractivity contribution in [1.29, 1.82) is 0 Å². The zero-order valence-electron chi connectivity index (χ0n) is 20.9. The van der Waals surface area contributed by atoms with Crippen molar-refractivity contribution in [3.8, 4) is 0 Å². The third kappa shape index (κ3) is 6.57. The molecule has 2 amide bonds. The lowest BCUT2D eigenvalue weighted by Gasteiger charge is -2.40. The highest BCUT2D eigenvalue weighted by Gasteiger charge is 2.39. The summed E-state index contributed by atoms with van der Waals surface area (Å²) in [4.78, 5) is 29.5. The van der Waals surface area contributed by atoms with Gasteiger partial charge in [0.1, 0.15) is 6.04 Å². The summed E-state index contributed by atoms with van der Waals surface area (Å²) in [5.74, 6) is -0.391. The fourth-order valence-electron chi connectivity index (χ4n) is 4.37. The number of amides is 2. The van der Waals surface area contributed by atoms with Gasteiger partial charge in [0.2, 0.25) is 5.91 Å². The smallest absolute Gasteiger partial charge is 0.255 e. The van der Waals surface area contributed by atoms with Crippen LogP contribution in [0.1, 0.15) is 62.1 Å². The molecule has 4 heteroatoms. The predicted octanol–water partition coefficient (Wildman–Crippen LogP) is 6.05. The van der Waals surface area contributed by atoms with Gasteiger partial charge in [0, 0.05) is 11.1 Å². The molecule has 3 aromatic carbocycles. The molecule has 0 saturated carbocycles. The van der Waals surface area contributed by atoms with Crippen molar-refractivity contribution < 1.29 is 9.59 Å². The largest absolute Gasteiger partial charge is 0.350 e.